The predicted octanol–water partition coefficient (Wildman–Crippen LogP) is 4.57. The van der Waals surface area contributed by atoms with Gasteiger partial charge in [-0.3, -0.25) is 19.3 Å². The Morgan fingerprint density at radius 1 is 0.875 bits per heavy atom. The number of methoxy groups -OCH3 is 2. The van der Waals surface area contributed by atoms with Gasteiger partial charge in [0.15, 0.2) is 6.61 Å². The number of rotatable bonds is 8. The van der Waals surface area contributed by atoms with Crippen LogP contribution in [0.5, 0.6) is 11.5 Å². The summed E-state index contributed by atoms with van der Waals surface area (Å²) in [6.07, 6.45) is 2.10. The van der Waals surface area contributed by atoms with Crippen molar-refractivity contribution in [3.63, 3.8) is 0 Å². The zero-order valence-electron chi connectivity index (χ0n) is 22.3. The first kappa shape index (κ1) is 26.9. The molecule has 1 saturated carbocycles. The van der Waals surface area contributed by atoms with Gasteiger partial charge >= 0.3 is 5.97 Å². The minimum Gasteiger partial charge on any atom is -0.497 e. The van der Waals surface area contributed by atoms with Crippen molar-refractivity contribution >= 4 is 35.1 Å². The Balaban J connectivity index is 1.24. The van der Waals surface area contributed by atoms with Gasteiger partial charge in [-0.25, -0.2) is 4.79 Å². The lowest BCUT2D eigenvalue weighted by atomic mass is 9.73. The summed E-state index contributed by atoms with van der Waals surface area (Å²) in [5, 5.41) is 2.64. The number of carbonyl (C=O) groups is 4. The third kappa shape index (κ3) is 5.40. The third-order valence-corrected chi connectivity index (χ3v) is 7.55. The normalized spacial score (nSPS) is 20.1. The van der Waals surface area contributed by atoms with E-state index in [-0.39, 0.29) is 35.1 Å². The molecule has 1 saturated heterocycles. The van der Waals surface area contributed by atoms with Gasteiger partial charge in [0, 0.05) is 6.07 Å². The van der Waals surface area contributed by atoms with Gasteiger partial charge in [0.05, 0.1) is 43.0 Å². The molecule has 3 aromatic rings. The molecule has 2 aliphatic rings. The van der Waals surface area contributed by atoms with Crippen molar-refractivity contribution in [3.05, 3.63) is 83.9 Å². The molecule has 0 unspecified atom stereocenters. The molecule has 0 bridgehead atoms. The maximum Gasteiger partial charge on any atom is 0.338 e. The summed E-state index contributed by atoms with van der Waals surface area (Å²) in [6.45, 7) is -0.546. The van der Waals surface area contributed by atoms with Gasteiger partial charge in [-0.1, -0.05) is 36.4 Å². The van der Waals surface area contributed by atoms with Crippen molar-refractivity contribution in [1.29, 1.82) is 0 Å². The average molecular weight is 543 g/mol. The number of amides is 3. The quantitative estimate of drug-likeness (QED) is 0.328. The van der Waals surface area contributed by atoms with Gasteiger partial charge in [-0.15, -0.1) is 0 Å². The monoisotopic (exact) mass is 542 g/mol. The van der Waals surface area contributed by atoms with E-state index in [1.54, 1.807) is 30.3 Å². The molecular weight excluding hydrogens is 512 g/mol. The van der Waals surface area contributed by atoms with E-state index in [0.717, 1.165) is 6.42 Å². The van der Waals surface area contributed by atoms with Gasteiger partial charge in [0.25, 0.3) is 5.91 Å². The second kappa shape index (κ2) is 11.6. The van der Waals surface area contributed by atoms with E-state index in [4.69, 9.17) is 14.2 Å². The maximum absolute atomic E-state index is 13.4. The molecule has 3 atom stereocenters. The number of nitrogens with one attached hydrogen (secondary N) is 1. The molecule has 0 aromatic heterocycles. The molecule has 0 radical (unpaired) electrons. The summed E-state index contributed by atoms with van der Waals surface area (Å²) < 4.78 is 15.6. The Morgan fingerprint density at radius 3 is 2.40 bits per heavy atom. The SMILES string of the molecule is COc1ccc(OC)c(NC(=O)COC(=O)c2cccc(N3C(=O)[C@@H]4CC[C@@H](c5ccccc5)C[C@H]4C3=O)c2)c1. The molecule has 206 valence electrons. The summed E-state index contributed by atoms with van der Waals surface area (Å²) in [5.41, 5.74) is 1.99. The zero-order chi connectivity index (χ0) is 28.2. The number of benzene rings is 3. The first-order valence-corrected chi connectivity index (χ1v) is 13.1. The lowest BCUT2D eigenvalue weighted by Gasteiger charge is -2.28. The number of nitrogens with zero attached hydrogens (tertiary/aromatic N) is 1. The van der Waals surface area contributed by atoms with Crippen LogP contribution in [-0.4, -0.2) is 44.5 Å². The highest BCUT2D eigenvalue weighted by Gasteiger charge is 2.50. The molecule has 9 nitrogen and oxygen atoms in total. The van der Waals surface area contributed by atoms with Crippen LogP contribution < -0.4 is 19.7 Å². The highest BCUT2D eigenvalue weighted by Crippen LogP contribution is 2.45. The molecule has 5 rings (SSSR count). The van der Waals surface area contributed by atoms with Crippen LogP contribution in [-0.2, 0) is 19.1 Å². The van der Waals surface area contributed by atoms with Gasteiger partial charge in [-0.2, -0.15) is 0 Å². The van der Waals surface area contributed by atoms with E-state index in [9.17, 15) is 19.2 Å². The van der Waals surface area contributed by atoms with E-state index in [1.807, 2.05) is 18.2 Å². The van der Waals surface area contributed by atoms with Crippen molar-refractivity contribution in [1.82, 2.24) is 0 Å². The highest BCUT2D eigenvalue weighted by molar-refractivity contribution is 6.22. The van der Waals surface area contributed by atoms with Gasteiger partial charge in [-0.05, 0) is 61.1 Å². The average Bonchev–Trinajstić information content (AvgIpc) is 3.24. The number of ether oxygens (including phenoxy) is 3. The van der Waals surface area contributed by atoms with E-state index >= 15 is 0 Å². The van der Waals surface area contributed by atoms with Crippen molar-refractivity contribution in [2.45, 2.75) is 25.2 Å². The first-order chi connectivity index (χ1) is 19.4. The fourth-order valence-corrected chi connectivity index (χ4v) is 5.55. The molecule has 9 heteroatoms. The second-order valence-corrected chi connectivity index (χ2v) is 9.89. The summed E-state index contributed by atoms with van der Waals surface area (Å²) >= 11 is 0. The number of esters is 1. The van der Waals surface area contributed by atoms with Crippen LogP contribution in [0.2, 0.25) is 0 Å². The fourth-order valence-electron chi connectivity index (χ4n) is 5.55. The fraction of sp³-hybridized carbons (Fsp3) is 0.290. The number of hydrogen-bond donors (Lipinski definition) is 1. The van der Waals surface area contributed by atoms with Crippen molar-refractivity contribution < 1.29 is 33.4 Å². The number of fused-ring (bicyclic) bond motifs is 1. The number of imide groups is 1. The van der Waals surface area contributed by atoms with Crippen molar-refractivity contribution in [2.24, 2.45) is 11.8 Å². The largest absolute Gasteiger partial charge is 0.497 e. The number of carbonyl (C=O) groups excluding carboxylic acids is 4. The molecule has 40 heavy (non-hydrogen) atoms. The molecule has 3 amide bonds. The topological polar surface area (TPSA) is 111 Å². The molecule has 3 aromatic carbocycles. The van der Waals surface area contributed by atoms with Crippen LogP contribution in [0.4, 0.5) is 11.4 Å². The Hall–Kier alpha value is -4.66. The van der Waals surface area contributed by atoms with E-state index in [2.05, 4.69) is 17.4 Å². The van der Waals surface area contributed by atoms with Crippen LogP contribution >= 0.6 is 0 Å². The van der Waals surface area contributed by atoms with E-state index in [1.165, 1.54) is 36.8 Å². The summed E-state index contributed by atoms with van der Waals surface area (Å²) in [6, 6.07) is 21.2. The van der Waals surface area contributed by atoms with Gasteiger partial charge in [0.2, 0.25) is 11.8 Å². The van der Waals surface area contributed by atoms with E-state index < -0.39 is 18.5 Å². The minimum absolute atomic E-state index is 0.127. The van der Waals surface area contributed by atoms with Crippen LogP contribution in [0.3, 0.4) is 0 Å². The Bertz CT molecular complexity index is 1440. The molecule has 1 aliphatic carbocycles. The van der Waals surface area contributed by atoms with Crippen molar-refractivity contribution in [2.75, 3.05) is 31.0 Å². The molecular formula is C31H30N2O7. The Labute approximate surface area is 232 Å². The number of hydrogen-bond acceptors (Lipinski definition) is 7. The Morgan fingerprint density at radius 2 is 1.65 bits per heavy atom. The minimum atomic E-state index is -0.754. The summed E-state index contributed by atoms with van der Waals surface area (Å²) in [4.78, 5) is 53.1. The van der Waals surface area contributed by atoms with Crippen LogP contribution in [0.25, 0.3) is 0 Å². The van der Waals surface area contributed by atoms with Crippen LogP contribution in [0.15, 0.2) is 72.8 Å². The van der Waals surface area contributed by atoms with Gasteiger partial charge in [0.1, 0.15) is 11.5 Å². The predicted molar refractivity (Wildman–Crippen MR) is 147 cm³/mol. The zero-order valence-corrected chi connectivity index (χ0v) is 22.3. The molecule has 1 N–H and O–H groups in total. The van der Waals surface area contributed by atoms with Crippen LogP contribution in [0.1, 0.15) is 41.1 Å². The highest BCUT2D eigenvalue weighted by atomic mass is 16.5. The second-order valence-electron chi connectivity index (χ2n) is 9.89. The lowest BCUT2D eigenvalue weighted by Crippen LogP contribution is -2.31. The maximum atomic E-state index is 13.4. The van der Waals surface area contributed by atoms with Crippen LogP contribution in [0, 0.1) is 11.8 Å². The standard InChI is InChI=1S/C31H30N2O7/c1-38-23-12-14-27(39-2)26(17-23)32-28(34)18-40-31(37)21-9-6-10-22(15-21)33-29(35)24-13-11-20(16-25(24)30(33)36)19-7-4-3-5-8-19/h3-10,12,14-15,17,20,24-25H,11,13,16,18H2,1-2H3,(H,32,34)/t20-,24-,25-/m1/s1. The molecule has 0 spiro atoms. The molecule has 2 fully saturated rings. The van der Waals surface area contributed by atoms with Crippen molar-refractivity contribution in [3.8, 4) is 11.5 Å². The summed E-state index contributed by atoms with van der Waals surface area (Å²) in [7, 11) is 2.97. The number of anilines is 2. The van der Waals surface area contributed by atoms with Gasteiger partial charge < -0.3 is 19.5 Å². The molecule has 1 aliphatic heterocycles. The Kier molecular flexibility index (Phi) is 7.82. The molecule has 1 heterocycles. The first-order valence-electron chi connectivity index (χ1n) is 13.1. The summed E-state index contributed by atoms with van der Waals surface area (Å²) in [5.74, 6) is -1.39. The third-order valence-electron chi connectivity index (χ3n) is 7.55. The smallest absolute Gasteiger partial charge is 0.338 e. The lowest BCUT2D eigenvalue weighted by molar-refractivity contribution is -0.122. The van der Waals surface area contributed by atoms with E-state index in [0.29, 0.717) is 35.7 Å².